The SMILES string of the molecule is CCCCC(CC)CC(O)C1C=CSC1. The number of aliphatic hydroxyl groups is 1. The van der Waals surface area contributed by atoms with E-state index in [0.29, 0.717) is 5.92 Å². The van der Waals surface area contributed by atoms with Crippen molar-refractivity contribution in [3.05, 3.63) is 11.5 Å². The van der Waals surface area contributed by atoms with Crippen molar-refractivity contribution in [3.8, 4) is 0 Å². The van der Waals surface area contributed by atoms with Gasteiger partial charge >= 0.3 is 0 Å². The largest absolute Gasteiger partial charge is 0.392 e. The molecule has 3 unspecified atom stereocenters. The zero-order valence-corrected chi connectivity index (χ0v) is 10.8. The molecule has 1 rings (SSSR count). The van der Waals surface area contributed by atoms with Gasteiger partial charge in [0.15, 0.2) is 0 Å². The summed E-state index contributed by atoms with van der Waals surface area (Å²) in [6, 6.07) is 0. The number of hydrogen-bond donors (Lipinski definition) is 1. The van der Waals surface area contributed by atoms with Crippen molar-refractivity contribution in [1.29, 1.82) is 0 Å². The number of rotatable bonds is 7. The Bertz CT molecular complexity index is 191. The second-order valence-corrected chi connectivity index (χ2v) is 5.48. The van der Waals surface area contributed by atoms with Gasteiger partial charge < -0.3 is 5.11 Å². The molecule has 0 spiro atoms. The lowest BCUT2D eigenvalue weighted by molar-refractivity contribution is 0.107. The molecule has 0 aromatic rings. The molecule has 0 saturated carbocycles. The number of hydrogen-bond acceptors (Lipinski definition) is 2. The van der Waals surface area contributed by atoms with Crippen LogP contribution in [0.25, 0.3) is 0 Å². The Morgan fingerprint density at radius 1 is 1.47 bits per heavy atom. The predicted molar refractivity (Wildman–Crippen MR) is 69.0 cm³/mol. The third kappa shape index (κ3) is 4.60. The second-order valence-electron chi connectivity index (χ2n) is 4.55. The molecule has 1 aliphatic rings. The van der Waals surface area contributed by atoms with Crippen LogP contribution in [0.4, 0.5) is 0 Å². The van der Waals surface area contributed by atoms with E-state index < -0.39 is 0 Å². The highest BCUT2D eigenvalue weighted by Crippen LogP contribution is 2.28. The van der Waals surface area contributed by atoms with Crippen molar-refractivity contribution < 1.29 is 5.11 Å². The van der Waals surface area contributed by atoms with Gasteiger partial charge in [0.05, 0.1) is 6.10 Å². The summed E-state index contributed by atoms with van der Waals surface area (Å²) in [5.41, 5.74) is 0. The summed E-state index contributed by atoms with van der Waals surface area (Å²) in [4.78, 5) is 0. The van der Waals surface area contributed by atoms with Crippen LogP contribution in [-0.2, 0) is 0 Å². The summed E-state index contributed by atoms with van der Waals surface area (Å²) in [5, 5.41) is 12.2. The van der Waals surface area contributed by atoms with E-state index in [1.807, 2.05) is 11.8 Å². The van der Waals surface area contributed by atoms with Crippen LogP contribution >= 0.6 is 11.8 Å². The van der Waals surface area contributed by atoms with E-state index in [2.05, 4.69) is 25.3 Å². The van der Waals surface area contributed by atoms with Crippen LogP contribution < -0.4 is 0 Å². The maximum absolute atomic E-state index is 10.1. The highest BCUT2D eigenvalue weighted by atomic mass is 32.2. The fourth-order valence-corrected chi connectivity index (χ4v) is 3.10. The van der Waals surface area contributed by atoms with E-state index in [-0.39, 0.29) is 6.10 Å². The Hall–Kier alpha value is 0.0500. The third-order valence-corrected chi connectivity index (χ3v) is 4.25. The number of aliphatic hydroxyl groups excluding tert-OH is 1. The molecule has 0 radical (unpaired) electrons. The average molecular weight is 228 g/mol. The molecule has 1 nitrogen and oxygen atoms in total. The van der Waals surface area contributed by atoms with Crippen LogP contribution in [0.5, 0.6) is 0 Å². The van der Waals surface area contributed by atoms with Crippen molar-refractivity contribution in [2.75, 3.05) is 5.75 Å². The molecule has 0 fully saturated rings. The van der Waals surface area contributed by atoms with E-state index in [1.54, 1.807) is 0 Å². The van der Waals surface area contributed by atoms with Gasteiger partial charge in [0, 0.05) is 11.7 Å². The molecule has 1 N–H and O–H groups in total. The van der Waals surface area contributed by atoms with Crippen LogP contribution in [0.1, 0.15) is 46.0 Å². The first-order chi connectivity index (χ1) is 7.27. The summed E-state index contributed by atoms with van der Waals surface area (Å²) in [5.74, 6) is 2.20. The fraction of sp³-hybridized carbons (Fsp3) is 0.846. The van der Waals surface area contributed by atoms with Crippen LogP contribution in [0.15, 0.2) is 11.5 Å². The molecule has 0 amide bonds. The number of unbranched alkanes of at least 4 members (excludes halogenated alkanes) is 1. The van der Waals surface area contributed by atoms with Gasteiger partial charge in [-0.05, 0) is 17.7 Å². The lowest BCUT2D eigenvalue weighted by Gasteiger charge is -2.22. The Morgan fingerprint density at radius 2 is 2.27 bits per heavy atom. The van der Waals surface area contributed by atoms with E-state index in [0.717, 1.165) is 18.1 Å². The molecule has 1 aliphatic heterocycles. The minimum Gasteiger partial charge on any atom is -0.392 e. The summed E-state index contributed by atoms with van der Waals surface area (Å²) >= 11 is 1.82. The van der Waals surface area contributed by atoms with Gasteiger partial charge in [0.2, 0.25) is 0 Å². The van der Waals surface area contributed by atoms with Gasteiger partial charge in [-0.25, -0.2) is 0 Å². The molecule has 0 aromatic heterocycles. The first kappa shape index (κ1) is 13.1. The Balaban J connectivity index is 2.26. The molecule has 2 heteroatoms. The van der Waals surface area contributed by atoms with Crippen molar-refractivity contribution in [3.63, 3.8) is 0 Å². The quantitative estimate of drug-likeness (QED) is 0.714. The Kier molecular flexibility index (Phi) is 6.42. The lowest BCUT2D eigenvalue weighted by atomic mass is 9.89. The average Bonchev–Trinajstić information content (AvgIpc) is 2.77. The van der Waals surface area contributed by atoms with Gasteiger partial charge in [-0.2, -0.15) is 0 Å². The van der Waals surface area contributed by atoms with Crippen LogP contribution in [0.3, 0.4) is 0 Å². The van der Waals surface area contributed by atoms with Crippen LogP contribution in [-0.4, -0.2) is 17.0 Å². The van der Waals surface area contributed by atoms with Gasteiger partial charge in [-0.15, -0.1) is 11.8 Å². The second kappa shape index (κ2) is 7.34. The topological polar surface area (TPSA) is 20.2 Å². The van der Waals surface area contributed by atoms with Crippen molar-refractivity contribution in [2.24, 2.45) is 11.8 Å². The standard InChI is InChI=1S/C13H24OS/c1-3-5-6-11(4-2)9-13(14)12-7-8-15-10-12/h7-8,11-14H,3-6,9-10H2,1-2H3. The molecule has 88 valence electrons. The zero-order chi connectivity index (χ0) is 11.1. The first-order valence-electron chi connectivity index (χ1n) is 6.24. The highest BCUT2D eigenvalue weighted by molar-refractivity contribution is 8.02. The fourth-order valence-electron chi connectivity index (χ4n) is 2.12. The normalized spacial score (nSPS) is 24.3. The number of thioether (sulfide) groups is 1. The first-order valence-corrected chi connectivity index (χ1v) is 7.29. The monoisotopic (exact) mass is 228 g/mol. The van der Waals surface area contributed by atoms with Gasteiger partial charge in [0.25, 0.3) is 0 Å². The zero-order valence-electron chi connectivity index (χ0n) is 9.98. The van der Waals surface area contributed by atoms with Crippen molar-refractivity contribution in [1.82, 2.24) is 0 Å². The van der Waals surface area contributed by atoms with E-state index in [4.69, 9.17) is 0 Å². The molecule has 0 aliphatic carbocycles. The van der Waals surface area contributed by atoms with Gasteiger partial charge in [0.1, 0.15) is 0 Å². The van der Waals surface area contributed by atoms with Gasteiger partial charge in [-0.3, -0.25) is 0 Å². The van der Waals surface area contributed by atoms with E-state index >= 15 is 0 Å². The molecule has 3 atom stereocenters. The molecule has 0 saturated heterocycles. The van der Waals surface area contributed by atoms with Gasteiger partial charge in [-0.1, -0.05) is 45.6 Å². The molecule has 15 heavy (non-hydrogen) atoms. The molecule has 0 aromatic carbocycles. The maximum Gasteiger partial charge on any atom is 0.0613 e. The van der Waals surface area contributed by atoms with Crippen LogP contribution in [0, 0.1) is 11.8 Å². The van der Waals surface area contributed by atoms with Crippen molar-refractivity contribution in [2.45, 2.75) is 52.1 Å². The summed E-state index contributed by atoms with van der Waals surface area (Å²) in [6.45, 7) is 4.48. The molecular formula is C13H24OS. The summed E-state index contributed by atoms with van der Waals surface area (Å²) < 4.78 is 0. The van der Waals surface area contributed by atoms with E-state index in [1.165, 1.54) is 25.7 Å². The third-order valence-electron chi connectivity index (χ3n) is 3.32. The molecule has 1 heterocycles. The Labute approximate surface area is 98.3 Å². The highest BCUT2D eigenvalue weighted by Gasteiger charge is 2.22. The maximum atomic E-state index is 10.1. The van der Waals surface area contributed by atoms with E-state index in [9.17, 15) is 5.11 Å². The smallest absolute Gasteiger partial charge is 0.0613 e. The minimum absolute atomic E-state index is 0.113. The van der Waals surface area contributed by atoms with Crippen LogP contribution in [0.2, 0.25) is 0 Å². The lowest BCUT2D eigenvalue weighted by Crippen LogP contribution is -2.22. The summed E-state index contributed by atoms with van der Waals surface area (Å²) in [6.07, 6.45) is 8.12. The molecule has 0 bridgehead atoms. The summed E-state index contributed by atoms with van der Waals surface area (Å²) in [7, 11) is 0. The minimum atomic E-state index is -0.113. The van der Waals surface area contributed by atoms with Crippen molar-refractivity contribution >= 4 is 11.8 Å². The molecular weight excluding hydrogens is 204 g/mol. The predicted octanol–water partition coefficient (Wildman–Crippen LogP) is 3.83. The Morgan fingerprint density at radius 3 is 2.80 bits per heavy atom.